The second-order valence-electron chi connectivity index (χ2n) is 6.07. The molecule has 2 aromatic carbocycles. The largest absolute Gasteiger partial charge is 0.494 e. The average Bonchev–Trinajstić information content (AvgIpc) is 3.26. The normalized spacial score (nSPS) is 11.1. The summed E-state index contributed by atoms with van der Waals surface area (Å²) in [7, 11) is 1.75. The lowest BCUT2D eigenvalue weighted by Crippen LogP contribution is -2.29. The van der Waals surface area contributed by atoms with Gasteiger partial charge in [0.2, 0.25) is 5.91 Å². The van der Waals surface area contributed by atoms with Gasteiger partial charge in [0.05, 0.1) is 28.1 Å². The number of fused-ring (bicyclic) bond motifs is 2. The number of nitrogens with one attached hydrogen (secondary N) is 1. The molecule has 28 heavy (non-hydrogen) atoms. The van der Waals surface area contributed by atoms with Crippen molar-refractivity contribution in [3.8, 4) is 5.75 Å². The molecule has 4 aromatic rings. The highest BCUT2D eigenvalue weighted by Gasteiger charge is 2.15. The highest BCUT2D eigenvalue weighted by Crippen LogP contribution is 2.31. The number of anilines is 2. The first-order valence-corrected chi connectivity index (χ1v) is 10.3. The quantitative estimate of drug-likeness (QED) is 0.501. The number of aromatic nitrogens is 2. The maximum absolute atomic E-state index is 13.8. The van der Waals surface area contributed by atoms with Crippen LogP contribution in [0.2, 0.25) is 0 Å². The number of carbonyl (C=O) groups is 1. The van der Waals surface area contributed by atoms with E-state index in [1.807, 2.05) is 31.2 Å². The zero-order chi connectivity index (χ0) is 19.7. The summed E-state index contributed by atoms with van der Waals surface area (Å²) in [5, 5.41) is 3.93. The van der Waals surface area contributed by atoms with Crippen molar-refractivity contribution in [1.29, 1.82) is 0 Å². The van der Waals surface area contributed by atoms with E-state index in [1.54, 1.807) is 18.0 Å². The van der Waals surface area contributed by atoms with Crippen molar-refractivity contribution >= 4 is 59.3 Å². The number of thiazole rings is 2. The van der Waals surface area contributed by atoms with Crippen LogP contribution in [0.4, 0.5) is 14.7 Å². The highest BCUT2D eigenvalue weighted by molar-refractivity contribution is 7.22. The maximum Gasteiger partial charge on any atom is 0.245 e. The SMILES string of the molecule is CCOc1ccc2nc(NC(=O)CN(C)c3nc4c(F)cccc4s3)sc2c1. The summed E-state index contributed by atoms with van der Waals surface area (Å²) < 4.78 is 21.0. The number of hydrogen-bond donors (Lipinski definition) is 1. The fourth-order valence-electron chi connectivity index (χ4n) is 2.72. The van der Waals surface area contributed by atoms with E-state index in [9.17, 15) is 9.18 Å². The van der Waals surface area contributed by atoms with Gasteiger partial charge in [0.25, 0.3) is 0 Å². The number of amides is 1. The fraction of sp³-hybridized carbons (Fsp3) is 0.211. The van der Waals surface area contributed by atoms with Gasteiger partial charge in [-0.05, 0) is 37.3 Å². The van der Waals surface area contributed by atoms with Crippen LogP contribution in [0.3, 0.4) is 0 Å². The summed E-state index contributed by atoms with van der Waals surface area (Å²) in [6.07, 6.45) is 0. The third-order valence-electron chi connectivity index (χ3n) is 3.98. The summed E-state index contributed by atoms with van der Waals surface area (Å²) in [4.78, 5) is 22.8. The molecule has 1 N–H and O–H groups in total. The average molecular weight is 417 g/mol. The van der Waals surface area contributed by atoms with Gasteiger partial charge in [-0.15, -0.1) is 0 Å². The minimum Gasteiger partial charge on any atom is -0.494 e. The van der Waals surface area contributed by atoms with Crippen LogP contribution in [0.1, 0.15) is 6.92 Å². The van der Waals surface area contributed by atoms with Crippen molar-refractivity contribution in [2.75, 3.05) is 30.4 Å². The van der Waals surface area contributed by atoms with Crippen molar-refractivity contribution in [3.63, 3.8) is 0 Å². The van der Waals surface area contributed by atoms with Gasteiger partial charge in [0.15, 0.2) is 10.3 Å². The second-order valence-corrected chi connectivity index (χ2v) is 8.11. The number of ether oxygens (including phenoxy) is 1. The third-order valence-corrected chi connectivity index (χ3v) is 6.05. The first-order valence-electron chi connectivity index (χ1n) is 8.63. The number of likely N-dealkylation sites (N-methyl/N-ethyl adjacent to an activating group) is 1. The van der Waals surface area contributed by atoms with Crippen LogP contribution in [0.15, 0.2) is 36.4 Å². The van der Waals surface area contributed by atoms with Crippen molar-refractivity contribution in [2.45, 2.75) is 6.92 Å². The minimum atomic E-state index is -0.362. The molecule has 2 heterocycles. The Kier molecular flexibility index (Phi) is 5.10. The Labute approximate surface area is 168 Å². The van der Waals surface area contributed by atoms with Crippen molar-refractivity contribution < 1.29 is 13.9 Å². The molecule has 0 bridgehead atoms. The Balaban J connectivity index is 1.45. The lowest BCUT2D eigenvalue weighted by molar-refractivity contribution is -0.114. The van der Waals surface area contributed by atoms with Crippen LogP contribution in [-0.4, -0.2) is 36.1 Å². The molecule has 6 nitrogen and oxygen atoms in total. The predicted octanol–water partition coefficient (Wildman–Crippen LogP) is 4.52. The number of nitrogens with zero attached hydrogens (tertiary/aromatic N) is 3. The first-order chi connectivity index (χ1) is 13.5. The van der Waals surface area contributed by atoms with Gasteiger partial charge in [-0.3, -0.25) is 4.79 Å². The topological polar surface area (TPSA) is 67.3 Å². The Morgan fingerprint density at radius 3 is 2.86 bits per heavy atom. The molecule has 0 spiro atoms. The number of benzene rings is 2. The van der Waals surface area contributed by atoms with Crippen molar-refractivity contribution in [1.82, 2.24) is 9.97 Å². The third kappa shape index (κ3) is 3.76. The number of hydrogen-bond acceptors (Lipinski definition) is 7. The molecule has 0 aliphatic rings. The lowest BCUT2D eigenvalue weighted by Gasteiger charge is -2.14. The molecule has 2 aromatic heterocycles. The van der Waals surface area contributed by atoms with Crippen LogP contribution < -0.4 is 15.0 Å². The van der Waals surface area contributed by atoms with Gasteiger partial charge in [0.1, 0.15) is 17.1 Å². The first kappa shape index (κ1) is 18.6. The van der Waals surface area contributed by atoms with E-state index in [0.29, 0.717) is 22.4 Å². The van der Waals surface area contributed by atoms with E-state index in [4.69, 9.17) is 4.74 Å². The van der Waals surface area contributed by atoms with Crippen molar-refractivity contribution in [2.24, 2.45) is 0 Å². The Morgan fingerprint density at radius 1 is 1.21 bits per heavy atom. The predicted molar refractivity (Wildman–Crippen MR) is 112 cm³/mol. The van der Waals surface area contributed by atoms with Crippen LogP contribution >= 0.6 is 22.7 Å². The monoisotopic (exact) mass is 416 g/mol. The summed E-state index contributed by atoms with van der Waals surface area (Å²) >= 11 is 2.74. The number of halogens is 1. The molecular weight excluding hydrogens is 399 g/mol. The van der Waals surface area contributed by atoms with Gasteiger partial charge in [-0.2, -0.15) is 0 Å². The standard InChI is InChI=1S/C19H17FN4O2S2/c1-3-26-11-7-8-13-15(9-11)27-18(21-13)22-16(25)10-24(2)19-23-17-12(20)5-4-6-14(17)28-19/h4-9H,3,10H2,1-2H3,(H,21,22,25). The summed E-state index contributed by atoms with van der Waals surface area (Å²) in [5.41, 5.74) is 1.13. The van der Waals surface area contributed by atoms with Crippen LogP contribution in [0, 0.1) is 5.82 Å². The molecule has 0 unspecified atom stereocenters. The molecule has 0 radical (unpaired) electrons. The Morgan fingerprint density at radius 2 is 2.07 bits per heavy atom. The summed E-state index contributed by atoms with van der Waals surface area (Å²) in [6.45, 7) is 2.61. The molecule has 0 atom stereocenters. The van der Waals surface area contributed by atoms with Gasteiger partial charge in [0, 0.05) is 7.05 Å². The molecule has 1 amide bonds. The molecule has 0 aliphatic carbocycles. The molecule has 4 rings (SSSR count). The Bertz CT molecular complexity index is 1160. The number of para-hydroxylation sites is 1. The number of rotatable bonds is 6. The lowest BCUT2D eigenvalue weighted by atomic mass is 10.3. The van der Waals surface area contributed by atoms with Crippen molar-refractivity contribution in [3.05, 3.63) is 42.2 Å². The van der Waals surface area contributed by atoms with Gasteiger partial charge < -0.3 is 15.0 Å². The summed E-state index contributed by atoms with van der Waals surface area (Å²) in [5.74, 6) is 0.199. The zero-order valence-corrected chi connectivity index (χ0v) is 16.9. The van der Waals surface area contributed by atoms with E-state index >= 15 is 0 Å². The van der Waals surface area contributed by atoms with Crippen LogP contribution in [0.25, 0.3) is 20.4 Å². The van der Waals surface area contributed by atoms with E-state index in [2.05, 4.69) is 15.3 Å². The molecule has 144 valence electrons. The molecule has 0 fully saturated rings. The van der Waals surface area contributed by atoms with Gasteiger partial charge >= 0.3 is 0 Å². The van der Waals surface area contributed by atoms with Crippen LogP contribution in [0.5, 0.6) is 5.75 Å². The molecule has 0 aliphatic heterocycles. The molecular formula is C19H17FN4O2S2. The zero-order valence-electron chi connectivity index (χ0n) is 15.2. The number of carbonyl (C=O) groups excluding carboxylic acids is 1. The van der Waals surface area contributed by atoms with Gasteiger partial charge in [-0.25, -0.2) is 14.4 Å². The molecule has 0 saturated heterocycles. The molecule has 9 heteroatoms. The van der Waals surface area contributed by atoms with E-state index in [0.717, 1.165) is 20.7 Å². The fourth-order valence-corrected chi connectivity index (χ4v) is 4.57. The summed E-state index contributed by atoms with van der Waals surface area (Å²) in [6, 6.07) is 10.5. The smallest absolute Gasteiger partial charge is 0.245 e. The highest BCUT2D eigenvalue weighted by atomic mass is 32.1. The minimum absolute atomic E-state index is 0.0849. The van der Waals surface area contributed by atoms with Crippen LogP contribution in [-0.2, 0) is 4.79 Å². The second kappa shape index (κ2) is 7.69. The van der Waals surface area contributed by atoms with Gasteiger partial charge in [-0.1, -0.05) is 28.7 Å². The maximum atomic E-state index is 13.8. The Hall–Kier alpha value is -2.78. The van der Waals surface area contributed by atoms with E-state index in [-0.39, 0.29) is 18.3 Å². The van der Waals surface area contributed by atoms with E-state index < -0.39 is 0 Å². The van der Waals surface area contributed by atoms with E-state index in [1.165, 1.54) is 28.7 Å². The molecule has 0 saturated carbocycles.